The first-order chi connectivity index (χ1) is 12.9. The molecular formula is C18H28N4O4S. The maximum absolute atomic E-state index is 12.7. The average molecular weight is 397 g/mol. The fraction of sp³-hybridized carbons (Fsp3) is 0.667. The Kier molecular flexibility index (Phi) is 6.21. The Morgan fingerprint density at radius 2 is 1.74 bits per heavy atom. The normalized spacial score (nSPS) is 18.9. The second kappa shape index (κ2) is 8.43. The Balaban J connectivity index is 1.54. The number of nitrogens with one attached hydrogen (secondary N) is 2. The summed E-state index contributed by atoms with van der Waals surface area (Å²) in [6, 6.07) is 1.50. The minimum atomic E-state index is -3.24. The first-order valence-corrected chi connectivity index (χ1v) is 11.3. The summed E-state index contributed by atoms with van der Waals surface area (Å²) in [5.74, 6) is -0.0549. The standard InChI is InChI=1S/C18H28N4O4S/c1-2-11-27(25,26)20-15-5-9-22(10-6-15)17(23)14-12-16(19-13-14)18(24)21-7-3-4-8-21/h12-13,15,19-20H,2-11H2,1H3. The Hall–Kier alpha value is -1.87. The molecule has 2 aliphatic rings. The van der Waals surface area contributed by atoms with Crippen LogP contribution in [-0.4, -0.2) is 73.0 Å². The minimum absolute atomic E-state index is 0.0596. The Labute approximate surface area is 160 Å². The van der Waals surface area contributed by atoms with Gasteiger partial charge in [-0.25, -0.2) is 13.1 Å². The molecule has 3 rings (SSSR count). The van der Waals surface area contributed by atoms with Crippen LogP contribution in [0.3, 0.4) is 0 Å². The van der Waals surface area contributed by atoms with Crippen LogP contribution in [0.15, 0.2) is 12.3 Å². The SMILES string of the molecule is CCCS(=O)(=O)NC1CCN(C(=O)c2c[nH]c(C(=O)N3CCCC3)c2)CC1. The quantitative estimate of drug-likeness (QED) is 0.754. The van der Waals surface area contributed by atoms with Crippen LogP contribution in [0.25, 0.3) is 0 Å². The molecule has 0 aromatic carbocycles. The number of rotatable bonds is 6. The molecule has 3 heterocycles. The number of sulfonamides is 1. The monoisotopic (exact) mass is 396 g/mol. The van der Waals surface area contributed by atoms with Crippen LogP contribution in [-0.2, 0) is 10.0 Å². The molecule has 0 aliphatic carbocycles. The van der Waals surface area contributed by atoms with Crippen molar-refractivity contribution in [1.29, 1.82) is 0 Å². The fourth-order valence-corrected chi connectivity index (χ4v) is 5.10. The van der Waals surface area contributed by atoms with Crippen molar-refractivity contribution in [3.8, 4) is 0 Å². The molecule has 2 N–H and O–H groups in total. The van der Waals surface area contributed by atoms with E-state index < -0.39 is 10.0 Å². The number of aromatic amines is 1. The molecule has 2 amide bonds. The molecule has 9 heteroatoms. The van der Waals surface area contributed by atoms with E-state index in [2.05, 4.69) is 9.71 Å². The van der Waals surface area contributed by atoms with E-state index in [1.165, 1.54) is 0 Å². The third-order valence-corrected chi connectivity index (χ3v) is 6.79. The summed E-state index contributed by atoms with van der Waals surface area (Å²) < 4.78 is 26.5. The lowest BCUT2D eigenvalue weighted by Crippen LogP contribution is -2.46. The highest BCUT2D eigenvalue weighted by molar-refractivity contribution is 7.89. The molecule has 2 fully saturated rings. The maximum atomic E-state index is 12.7. The van der Waals surface area contributed by atoms with Gasteiger partial charge in [0.25, 0.3) is 11.8 Å². The second-order valence-corrected chi connectivity index (χ2v) is 9.18. The highest BCUT2D eigenvalue weighted by Crippen LogP contribution is 2.17. The van der Waals surface area contributed by atoms with Gasteiger partial charge in [-0.2, -0.15) is 0 Å². The second-order valence-electron chi connectivity index (χ2n) is 7.30. The molecule has 0 bridgehead atoms. The van der Waals surface area contributed by atoms with Crippen LogP contribution >= 0.6 is 0 Å². The Bertz CT molecular complexity index is 775. The summed E-state index contributed by atoms with van der Waals surface area (Å²) in [6.07, 6.45) is 5.40. The summed E-state index contributed by atoms with van der Waals surface area (Å²) in [5, 5.41) is 0. The lowest BCUT2D eigenvalue weighted by atomic mass is 10.1. The Morgan fingerprint density at radius 1 is 1.11 bits per heavy atom. The van der Waals surface area contributed by atoms with Gasteiger partial charge in [0.2, 0.25) is 10.0 Å². The number of H-pyrrole nitrogens is 1. The largest absolute Gasteiger partial charge is 0.356 e. The minimum Gasteiger partial charge on any atom is -0.356 e. The first kappa shape index (κ1) is 19.9. The van der Waals surface area contributed by atoms with Crippen LogP contribution in [0.2, 0.25) is 0 Å². The molecule has 0 saturated carbocycles. The van der Waals surface area contributed by atoms with Gasteiger partial charge in [-0.3, -0.25) is 9.59 Å². The molecule has 0 radical (unpaired) electrons. The molecule has 2 aliphatic heterocycles. The molecule has 1 aromatic heterocycles. The zero-order chi connectivity index (χ0) is 19.4. The predicted octanol–water partition coefficient (Wildman–Crippen LogP) is 1.18. The van der Waals surface area contributed by atoms with Gasteiger partial charge in [0.1, 0.15) is 5.69 Å². The molecule has 0 unspecified atom stereocenters. The van der Waals surface area contributed by atoms with Crippen LogP contribution < -0.4 is 4.72 Å². The molecule has 0 atom stereocenters. The van der Waals surface area contributed by atoms with Crippen LogP contribution in [0, 0.1) is 0 Å². The molecule has 8 nitrogen and oxygen atoms in total. The van der Waals surface area contributed by atoms with Gasteiger partial charge in [0.05, 0.1) is 11.3 Å². The van der Waals surface area contributed by atoms with Crippen molar-refractivity contribution in [2.75, 3.05) is 31.9 Å². The fourth-order valence-electron chi connectivity index (χ4n) is 3.70. The van der Waals surface area contributed by atoms with Crippen LogP contribution in [0.5, 0.6) is 0 Å². The van der Waals surface area contributed by atoms with Crippen molar-refractivity contribution >= 4 is 21.8 Å². The van der Waals surface area contributed by atoms with Gasteiger partial charge in [-0.15, -0.1) is 0 Å². The van der Waals surface area contributed by atoms with Gasteiger partial charge in [-0.1, -0.05) is 6.92 Å². The van der Waals surface area contributed by atoms with Gasteiger partial charge >= 0.3 is 0 Å². The lowest BCUT2D eigenvalue weighted by molar-refractivity contribution is 0.0711. The number of hydrogen-bond acceptors (Lipinski definition) is 4. The van der Waals surface area contributed by atoms with Crippen molar-refractivity contribution in [3.63, 3.8) is 0 Å². The average Bonchev–Trinajstić information content (AvgIpc) is 3.33. The number of hydrogen-bond donors (Lipinski definition) is 2. The van der Waals surface area contributed by atoms with E-state index in [0.717, 1.165) is 25.9 Å². The van der Waals surface area contributed by atoms with Crippen molar-refractivity contribution in [3.05, 3.63) is 23.5 Å². The number of amides is 2. The van der Waals surface area contributed by atoms with Crippen molar-refractivity contribution in [2.24, 2.45) is 0 Å². The lowest BCUT2D eigenvalue weighted by Gasteiger charge is -2.32. The molecular weight excluding hydrogens is 368 g/mol. The van der Waals surface area contributed by atoms with Crippen LogP contribution in [0.1, 0.15) is 59.9 Å². The molecule has 1 aromatic rings. The molecule has 0 spiro atoms. The summed E-state index contributed by atoms with van der Waals surface area (Å²) in [6.45, 7) is 4.36. The van der Waals surface area contributed by atoms with Gasteiger partial charge in [0, 0.05) is 38.4 Å². The highest BCUT2D eigenvalue weighted by atomic mass is 32.2. The third kappa shape index (κ3) is 4.90. The highest BCUT2D eigenvalue weighted by Gasteiger charge is 2.27. The maximum Gasteiger partial charge on any atom is 0.270 e. The van der Waals surface area contributed by atoms with E-state index in [1.54, 1.807) is 22.1 Å². The van der Waals surface area contributed by atoms with Gasteiger partial charge < -0.3 is 14.8 Å². The summed E-state index contributed by atoms with van der Waals surface area (Å²) in [4.78, 5) is 31.5. The number of piperidine rings is 1. The van der Waals surface area contributed by atoms with Crippen LogP contribution in [0.4, 0.5) is 0 Å². The van der Waals surface area contributed by atoms with E-state index in [4.69, 9.17) is 0 Å². The number of aromatic nitrogens is 1. The number of carbonyl (C=O) groups is 2. The topological polar surface area (TPSA) is 103 Å². The smallest absolute Gasteiger partial charge is 0.270 e. The van der Waals surface area contributed by atoms with E-state index >= 15 is 0 Å². The van der Waals surface area contributed by atoms with Gasteiger partial charge in [0.15, 0.2) is 0 Å². The van der Waals surface area contributed by atoms with Crippen molar-refractivity contribution in [2.45, 2.75) is 45.1 Å². The van der Waals surface area contributed by atoms with Crippen molar-refractivity contribution < 1.29 is 18.0 Å². The predicted molar refractivity (Wildman–Crippen MR) is 102 cm³/mol. The summed E-state index contributed by atoms with van der Waals surface area (Å²) >= 11 is 0. The van der Waals surface area contributed by atoms with E-state index in [-0.39, 0.29) is 23.6 Å². The summed E-state index contributed by atoms with van der Waals surface area (Å²) in [7, 11) is -3.24. The van der Waals surface area contributed by atoms with Gasteiger partial charge in [-0.05, 0) is 38.2 Å². The summed E-state index contributed by atoms with van der Waals surface area (Å²) in [5.41, 5.74) is 0.921. The van der Waals surface area contributed by atoms with Crippen molar-refractivity contribution in [1.82, 2.24) is 19.5 Å². The molecule has 2 saturated heterocycles. The third-order valence-electron chi connectivity index (χ3n) is 5.15. The number of likely N-dealkylation sites (tertiary alicyclic amines) is 2. The van der Waals surface area contributed by atoms with E-state index in [1.807, 2.05) is 6.92 Å². The van der Waals surface area contributed by atoms with E-state index in [9.17, 15) is 18.0 Å². The van der Waals surface area contributed by atoms with E-state index in [0.29, 0.717) is 43.6 Å². The molecule has 27 heavy (non-hydrogen) atoms. The number of carbonyl (C=O) groups excluding carboxylic acids is 2. The Morgan fingerprint density at radius 3 is 2.37 bits per heavy atom. The molecule has 150 valence electrons. The zero-order valence-electron chi connectivity index (χ0n) is 15.7. The zero-order valence-corrected chi connectivity index (χ0v) is 16.6. The number of nitrogens with zero attached hydrogens (tertiary/aromatic N) is 2. The first-order valence-electron chi connectivity index (χ1n) is 9.66.